The lowest BCUT2D eigenvalue weighted by molar-refractivity contribution is -0.130. The summed E-state index contributed by atoms with van der Waals surface area (Å²) in [5.41, 5.74) is 5.05. The molecule has 1 aromatic carbocycles. The van der Waals surface area contributed by atoms with E-state index in [2.05, 4.69) is 35.4 Å². The van der Waals surface area contributed by atoms with E-state index >= 15 is 0 Å². The van der Waals surface area contributed by atoms with Gasteiger partial charge in [-0.15, -0.1) is 0 Å². The Morgan fingerprint density at radius 3 is 2.36 bits per heavy atom. The van der Waals surface area contributed by atoms with Crippen molar-refractivity contribution in [2.75, 3.05) is 26.2 Å². The number of benzene rings is 1. The summed E-state index contributed by atoms with van der Waals surface area (Å²) in [5.74, 6) is 0.920. The summed E-state index contributed by atoms with van der Waals surface area (Å²) >= 11 is 0. The maximum Gasteiger partial charge on any atom is 0.219 e. The predicted molar refractivity (Wildman–Crippen MR) is 112 cm³/mol. The summed E-state index contributed by atoms with van der Waals surface area (Å²) in [6, 6.07) is 9.14. The number of carbonyl (C=O) groups is 1. The van der Waals surface area contributed by atoms with Crippen LogP contribution in [0.4, 0.5) is 0 Å². The summed E-state index contributed by atoms with van der Waals surface area (Å²) in [6.07, 6.45) is 8.94. The topological polar surface area (TPSA) is 41.4 Å². The van der Waals surface area contributed by atoms with Crippen molar-refractivity contribution in [3.8, 4) is 11.3 Å². The average Bonchev–Trinajstić information content (AvgIpc) is 3.09. The molecule has 0 spiro atoms. The molecule has 1 saturated heterocycles. The molecule has 5 heteroatoms. The fourth-order valence-corrected chi connectivity index (χ4v) is 4.71. The van der Waals surface area contributed by atoms with Crippen LogP contribution in [-0.4, -0.2) is 51.7 Å². The number of amides is 1. The molecule has 1 saturated carbocycles. The zero-order chi connectivity index (χ0) is 19.5. The molecule has 2 fully saturated rings. The Morgan fingerprint density at radius 1 is 1.04 bits per heavy atom. The van der Waals surface area contributed by atoms with Crippen molar-refractivity contribution >= 4 is 5.91 Å². The van der Waals surface area contributed by atoms with Gasteiger partial charge in [-0.05, 0) is 24.3 Å². The minimum absolute atomic E-state index is 0.180. The van der Waals surface area contributed by atoms with Gasteiger partial charge in [-0.3, -0.25) is 14.4 Å². The molecule has 0 bridgehead atoms. The second kappa shape index (κ2) is 8.48. The van der Waals surface area contributed by atoms with Crippen LogP contribution < -0.4 is 0 Å². The van der Waals surface area contributed by atoms with E-state index < -0.39 is 0 Å². The SMILES string of the molecule is CC(=O)N1CCN(Cc2cn(C)nc2-c2ccc(C3CCCCC3)cc2)CC1. The van der Waals surface area contributed by atoms with E-state index in [1.165, 1.54) is 48.8 Å². The first-order chi connectivity index (χ1) is 13.6. The highest BCUT2D eigenvalue weighted by Gasteiger charge is 2.21. The van der Waals surface area contributed by atoms with Crippen LogP contribution in [0, 0.1) is 0 Å². The molecule has 1 aliphatic heterocycles. The van der Waals surface area contributed by atoms with Crippen LogP contribution in [0.3, 0.4) is 0 Å². The lowest BCUT2D eigenvalue weighted by atomic mass is 9.84. The fourth-order valence-electron chi connectivity index (χ4n) is 4.71. The van der Waals surface area contributed by atoms with Gasteiger partial charge in [-0.2, -0.15) is 5.10 Å². The van der Waals surface area contributed by atoms with Crippen molar-refractivity contribution in [2.45, 2.75) is 51.5 Å². The van der Waals surface area contributed by atoms with Crippen LogP contribution in [-0.2, 0) is 18.4 Å². The maximum atomic E-state index is 11.5. The first kappa shape index (κ1) is 19.2. The summed E-state index contributed by atoms with van der Waals surface area (Å²) < 4.78 is 1.92. The zero-order valence-corrected chi connectivity index (χ0v) is 17.2. The standard InChI is InChI=1S/C23H32N4O/c1-18(28)27-14-12-26(13-15-27)17-22-16-25(2)24-23(22)21-10-8-20(9-11-21)19-6-4-3-5-7-19/h8-11,16,19H,3-7,12-15,17H2,1-2H3. The van der Waals surface area contributed by atoms with Crippen molar-refractivity contribution < 1.29 is 4.79 Å². The minimum Gasteiger partial charge on any atom is -0.340 e. The number of carbonyl (C=O) groups excluding carboxylic acids is 1. The van der Waals surface area contributed by atoms with Crippen LogP contribution in [0.15, 0.2) is 30.5 Å². The number of hydrogen-bond donors (Lipinski definition) is 0. The summed E-state index contributed by atoms with van der Waals surface area (Å²) in [7, 11) is 2.00. The zero-order valence-electron chi connectivity index (χ0n) is 17.2. The van der Waals surface area contributed by atoms with Crippen molar-refractivity contribution in [2.24, 2.45) is 7.05 Å². The van der Waals surface area contributed by atoms with Crippen molar-refractivity contribution in [1.82, 2.24) is 19.6 Å². The van der Waals surface area contributed by atoms with Crippen molar-refractivity contribution in [3.05, 3.63) is 41.6 Å². The lowest BCUT2D eigenvalue weighted by Crippen LogP contribution is -2.47. The third kappa shape index (κ3) is 4.30. The molecule has 0 N–H and O–H groups in total. The molecule has 5 nitrogen and oxygen atoms in total. The molecule has 0 atom stereocenters. The van der Waals surface area contributed by atoms with E-state index in [9.17, 15) is 4.79 Å². The van der Waals surface area contributed by atoms with Gasteiger partial charge in [0.25, 0.3) is 0 Å². The van der Waals surface area contributed by atoms with Gasteiger partial charge in [0.2, 0.25) is 5.91 Å². The van der Waals surface area contributed by atoms with Gasteiger partial charge in [-0.1, -0.05) is 43.5 Å². The van der Waals surface area contributed by atoms with Crippen LogP contribution >= 0.6 is 0 Å². The van der Waals surface area contributed by atoms with Gasteiger partial charge in [0.1, 0.15) is 0 Å². The molecular weight excluding hydrogens is 348 g/mol. The minimum atomic E-state index is 0.180. The Hall–Kier alpha value is -2.14. The number of nitrogens with zero attached hydrogens (tertiary/aromatic N) is 4. The van der Waals surface area contributed by atoms with Gasteiger partial charge >= 0.3 is 0 Å². The summed E-state index contributed by atoms with van der Waals surface area (Å²) in [5, 5.41) is 4.76. The first-order valence-corrected chi connectivity index (χ1v) is 10.7. The highest BCUT2D eigenvalue weighted by atomic mass is 16.2. The quantitative estimate of drug-likeness (QED) is 0.810. The molecule has 150 valence electrons. The number of aryl methyl sites for hydroxylation is 1. The number of rotatable bonds is 4. The Morgan fingerprint density at radius 2 is 1.71 bits per heavy atom. The van der Waals surface area contributed by atoms with Crippen LogP contribution in [0.5, 0.6) is 0 Å². The van der Waals surface area contributed by atoms with Gasteiger partial charge in [0, 0.05) is 64.0 Å². The largest absolute Gasteiger partial charge is 0.340 e. The van der Waals surface area contributed by atoms with Gasteiger partial charge in [-0.25, -0.2) is 0 Å². The molecule has 1 amide bonds. The molecule has 28 heavy (non-hydrogen) atoms. The average molecular weight is 381 g/mol. The third-order valence-corrected chi connectivity index (χ3v) is 6.38. The molecule has 4 rings (SSSR count). The highest BCUT2D eigenvalue weighted by Crippen LogP contribution is 2.34. The fraction of sp³-hybridized carbons (Fsp3) is 0.565. The smallest absolute Gasteiger partial charge is 0.219 e. The van der Waals surface area contributed by atoms with Gasteiger partial charge in [0.15, 0.2) is 0 Å². The Labute approximate surface area is 168 Å². The number of aromatic nitrogens is 2. The summed E-state index contributed by atoms with van der Waals surface area (Å²) in [6.45, 7) is 6.04. The molecule has 1 aromatic heterocycles. The predicted octanol–water partition coefficient (Wildman–Crippen LogP) is 3.80. The maximum absolute atomic E-state index is 11.5. The Bertz CT molecular complexity index is 797. The number of hydrogen-bond acceptors (Lipinski definition) is 3. The van der Waals surface area contributed by atoms with Crippen LogP contribution in [0.1, 0.15) is 56.1 Å². The van der Waals surface area contributed by atoms with Crippen LogP contribution in [0.2, 0.25) is 0 Å². The van der Waals surface area contributed by atoms with E-state index in [0.29, 0.717) is 0 Å². The van der Waals surface area contributed by atoms with Crippen molar-refractivity contribution in [1.29, 1.82) is 0 Å². The molecule has 2 aliphatic rings. The molecule has 0 unspecified atom stereocenters. The van der Waals surface area contributed by atoms with E-state index in [1.54, 1.807) is 6.92 Å². The van der Waals surface area contributed by atoms with E-state index in [-0.39, 0.29) is 5.91 Å². The second-order valence-electron chi connectivity index (χ2n) is 8.42. The third-order valence-electron chi connectivity index (χ3n) is 6.38. The van der Waals surface area contributed by atoms with Crippen LogP contribution in [0.25, 0.3) is 11.3 Å². The molecule has 1 aliphatic carbocycles. The second-order valence-corrected chi connectivity index (χ2v) is 8.42. The lowest BCUT2D eigenvalue weighted by Gasteiger charge is -2.34. The van der Waals surface area contributed by atoms with E-state index in [1.807, 2.05) is 16.6 Å². The summed E-state index contributed by atoms with van der Waals surface area (Å²) in [4.78, 5) is 15.9. The highest BCUT2D eigenvalue weighted by molar-refractivity contribution is 5.73. The van der Waals surface area contributed by atoms with Gasteiger partial charge < -0.3 is 4.90 Å². The number of piperazine rings is 1. The van der Waals surface area contributed by atoms with Crippen molar-refractivity contribution in [3.63, 3.8) is 0 Å². The molecule has 2 heterocycles. The molecular formula is C23H32N4O. The Kier molecular flexibility index (Phi) is 5.81. The first-order valence-electron chi connectivity index (χ1n) is 10.7. The monoisotopic (exact) mass is 380 g/mol. The van der Waals surface area contributed by atoms with E-state index in [4.69, 9.17) is 5.10 Å². The Balaban J connectivity index is 1.46. The normalized spacial score (nSPS) is 19.1. The van der Waals surface area contributed by atoms with Gasteiger partial charge in [0.05, 0.1) is 5.69 Å². The molecule has 0 radical (unpaired) electrons. The molecule has 2 aromatic rings. The van der Waals surface area contributed by atoms with E-state index in [0.717, 1.165) is 44.3 Å².